The molecule has 0 fully saturated rings. The van der Waals surface area contributed by atoms with Gasteiger partial charge < -0.3 is 0 Å². The number of fused-ring (bicyclic) bond motifs is 1. The Morgan fingerprint density at radius 2 is 1.88 bits per heavy atom. The molecule has 0 amide bonds. The molecule has 1 heteroatoms. The van der Waals surface area contributed by atoms with Crippen LogP contribution in [0.2, 0.25) is 0 Å². The molecule has 1 aliphatic rings. The molecule has 2 aromatic rings. The Kier molecular flexibility index (Phi) is 2.30. The van der Waals surface area contributed by atoms with E-state index < -0.39 is 0 Å². The zero-order valence-corrected chi connectivity index (χ0v) is 9.06. The molecular weight excluding hydrogens is 194 g/mol. The van der Waals surface area contributed by atoms with E-state index in [2.05, 4.69) is 47.5 Å². The van der Waals surface area contributed by atoms with Crippen LogP contribution in [0.25, 0.3) is 17.3 Å². The van der Waals surface area contributed by atoms with Crippen molar-refractivity contribution >= 4 is 6.08 Å². The number of hydrogen-bond donors (Lipinski definition) is 0. The lowest BCUT2D eigenvalue weighted by atomic mass is 9.94. The SMILES string of the molecule is C1=Cc2c(ccnc2-c2ccccc2)CC1. The van der Waals surface area contributed by atoms with Crippen molar-refractivity contribution in [1.82, 2.24) is 4.98 Å². The summed E-state index contributed by atoms with van der Waals surface area (Å²) in [5.74, 6) is 0. The Morgan fingerprint density at radius 1 is 1.00 bits per heavy atom. The molecule has 1 heterocycles. The van der Waals surface area contributed by atoms with Crippen molar-refractivity contribution < 1.29 is 0 Å². The number of aryl methyl sites for hydroxylation is 1. The molecule has 16 heavy (non-hydrogen) atoms. The van der Waals surface area contributed by atoms with Crippen LogP contribution in [-0.4, -0.2) is 4.98 Å². The summed E-state index contributed by atoms with van der Waals surface area (Å²) >= 11 is 0. The van der Waals surface area contributed by atoms with E-state index in [0.717, 1.165) is 18.5 Å². The zero-order valence-electron chi connectivity index (χ0n) is 9.06. The molecule has 1 aliphatic carbocycles. The number of nitrogens with zero attached hydrogens (tertiary/aromatic N) is 1. The van der Waals surface area contributed by atoms with Gasteiger partial charge in [-0.1, -0.05) is 42.5 Å². The highest BCUT2D eigenvalue weighted by atomic mass is 14.7. The molecule has 0 unspecified atom stereocenters. The number of allylic oxidation sites excluding steroid dienone is 1. The van der Waals surface area contributed by atoms with Gasteiger partial charge in [0, 0.05) is 17.3 Å². The Morgan fingerprint density at radius 3 is 2.75 bits per heavy atom. The van der Waals surface area contributed by atoms with Gasteiger partial charge in [0.2, 0.25) is 0 Å². The lowest BCUT2D eigenvalue weighted by Crippen LogP contribution is -1.98. The predicted octanol–water partition coefficient (Wildman–Crippen LogP) is 3.71. The van der Waals surface area contributed by atoms with E-state index >= 15 is 0 Å². The van der Waals surface area contributed by atoms with E-state index in [1.165, 1.54) is 16.7 Å². The Balaban J connectivity index is 2.20. The molecule has 0 bridgehead atoms. The third kappa shape index (κ3) is 1.54. The lowest BCUT2D eigenvalue weighted by molar-refractivity contribution is 0.978. The van der Waals surface area contributed by atoms with Crippen LogP contribution in [-0.2, 0) is 6.42 Å². The first-order chi connectivity index (χ1) is 7.95. The minimum absolute atomic E-state index is 1.11. The van der Waals surface area contributed by atoms with Gasteiger partial charge in [0.05, 0.1) is 5.69 Å². The summed E-state index contributed by atoms with van der Waals surface area (Å²) < 4.78 is 0. The van der Waals surface area contributed by atoms with E-state index in [4.69, 9.17) is 0 Å². The fourth-order valence-electron chi connectivity index (χ4n) is 2.18. The Bertz CT molecular complexity index is 526. The van der Waals surface area contributed by atoms with E-state index in [1.54, 1.807) is 0 Å². The van der Waals surface area contributed by atoms with Gasteiger partial charge in [-0.3, -0.25) is 4.98 Å². The zero-order chi connectivity index (χ0) is 10.8. The summed E-state index contributed by atoms with van der Waals surface area (Å²) in [7, 11) is 0. The average Bonchev–Trinajstić information content (AvgIpc) is 2.39. The minimum atomic E-state index is 1.11. The summed E-state index contributed by atoms with van der Waals surface area (Å²) in [6, 6.07) is 12.5. The molecule has 78 valence electrons. The fraction of sp³-hybridized carbons (Fsp3) is 0.133. The molecule has 0 atom stereocenters. The highest BCUT2D eigenvalue weighted by Crippen LogP contribution is 2.28. The second-order valence-corrected chi connectivity index (χ2v) is 4.04. The minimum Gasteiger partial charge on any atom is -0.256 e. The third-order valence-electron chi connectivity index (χ3n) is 2.99. The van der Waals surface area contributed by atoms with Crippen LogP contribution in [0.1, 0.15) is 17.5 Å². The first kappa shape index (κ1) is 9.34. The lowest BCUT2D eigenvalue weighted by Gasteiger charge is -2.13. The van der Waals surface area contributed by atoms with Gasteiger partial charge in [-0.15, -0.1) is 0 Å². The maximum absolute atomic E-state index is 4.51. The summed E-state index contributed by atoms with van der Waals surface area (Å²) in [5.41, 5.74) is 5.01. The van der Waals surface area contributed by atoms with Crippen molar-refractivity contribution in [2.45, 2.75) is 12.8 Å². The van der Waals surface area contributed by atoms with Gasteiger partial charge in [0.15, 0.2) is 0 Å². The smallest absolute Gasteiger partial charge is 0.0776 e. The summed E-state index contributed by atoms with van der Waals surface area (Å²) in [4.78, 5) is 4.51. The number of pyridine rings is 1. The molecule has 0 saturated carbocycles. The van der Waals surface area contributed by atoms with Crippen LogP contribution < -0.4 is 0 Å². The maximum Gasteiger partial charge on any atom is 0.0776 e. The van der Waals surface area contributed by atoms with Crippen LogP contribution in [0.4, 0.5) is 0 Å². The van der Waals surface area contributed by atoms with E-state index in [-0.39, 0.29) is 0 Å². The predicted molar refractivity (Wildman–Crippen MR) is 67.0 cm³/mol. The van der Waals surface area contributed by atoms with Gasteiger partial charge >= 0.3 is 0 Å². The second-order valence-electron chi connectivity index (χ2n) is 4.04. The van der Waals surface area contributed by atoms with Crippen molar-refractivity contribution in [2.75, 3.05) is 0 Å². The molecular formula is C15H13N. The largest absolute Gasteiger partial charge is 0.256 e. The molecule has 1 aromatic heterocycles. The Labute approximate surface area is 95.5 Å². The normalized spacial score (nSPS) is 13.5. The quantitative estimate of drug-likeness (QED) is 0.694. The van der Waals surface area contributed by atoms with Crippen molar-refractivity contribution in [3.63, 3.8) is 0 Å². The molecule has 0 N–H and O–H groups in total. The first-order valence-electron chi connectivity index (χ1n) is 5.65. The fourth-order valence-corrected chi connectivity index (χ4v) is 2.18. The molecule has 0 aliphatic heterocycles. The van der Waals surface area contributed by atoms with Crippen molar-refractivity contribution in [2.24, 2.45) is 0 Å². The van der Waals surface area contributed by atoms with Crippen LogP contribution in [0.3, 0.4) is 0 Å². The molecule has 3 rings (SSSR count). The van der Waals surface area contributed by atoms with Gasteiger partial charge in [-0.25, -0.2) is 0 Å². The first-order valence-corrected chi connectivity index (χ1v) is 5.65. The molecule has 0 spiro atoms. The van der Waals surface area contributed by atoms with E-state index in [9.17, 15) is 0 Å². The van der Waals surface area contributed by atoms with Gasteiger partial charge in [-0.05, 0) is 24.5 Å². The highest BCUT2D eigenvalue weighted by molar-refractivity contribution is 5.74. The second kappa shape index (κ2) is 3.93. The topological polar surface area (TPSA) is 12.9 Å². The number of hydrogen-bond acceptors (Lipinski definition) is 1. The van der Waals surface area contributed by atoms with Crippen LogP contribution in [0.5, 0.6) is 0 Å². The summed E-state index contributed by atoms with van der Waals surface area (Å²) in [6.07, 6.45) is 8.63. The monoisotopic (exact) mass is 207 g/mol. The van der Waals surface area contributed by atoms with E-state index in [0.29, 0.717) is 0 Å². The number of benzene rings is 1. The number of aromatic nitrogens is 1. The summed E-state index contributed by atoms with van der Waals surface area (Å²) in [6.45, 7) is 0. The van der Waals surface area contributed by atoms with Crippen LogP contribution >= 0.6 is 0 Å². The highest BCUT2D eigenvalue weighted by Gasteiger charge is 2.10. The van der Waals surface area contributed by atoms with Crippen molar-refractivity contribution in [1.29, 1.82) is 0 Å². The van der Waals surface area contributed by atoms with Crippen LogP contribution in [0.15, 0.2) is 48.7 Å². The molecule has 0 saturated heterocycles. The Hall–Kier alpha value is -1.89. The standard InChI is InChI=1S/C15H13N/c1-2-7-13(8-3-1)15-14-9-5-4-6-12(14)10-11-16-15/h1-3,5,7-11H,4,6H2. The van der Waals surface area contributed by atoms with Gasteiger partial charge in [0.1, 0.15) is 0 Å². The average molecular weight is 207 g/mol. The number of rotatable bonds is 1. The molecule has 1 aromatic carbocycles. The van der Waals surface area contributed by atoms with E-state index in [1.807, 2.05) is 12.3 Å². The van der Waals surface area contributed by atoms with Crippen molar-refractivity contribution in [3.05, 3.63) is 59.8 Å². The maximum atomic E-state index is 4.51. The molecule has 1 nitrogen and oxygen atoms in total. The van der Waals surface area contributed by atoms with Crippen LogP contribution in [0, 0.1) is 0 Å². The van der Waals surface area contributed by atoms with Crippen molar-refractivity contribution in [3.8, 4) is 11.3 Å². The molecule has 0 radical (unpaired) electrons. The third-order valence-corrected chi connectivity index (χ3v) is 2.99. The van der Waals surface area contributed by atoms with Gasteiger partial charge in [0.25, 0.3) is 0 Å². The van der Waals surface area contributed by atoms with Gasteiger partial charge in [-0.2, -0.15) is 0 Å². The summed E-state index contributed by atoms with van der Waals surface area (Å²) in [5, 5.41) is 0.